The van der Waals surface area contributed by atoms with E-state index in [0.29, 0.717) is 5.92 Å². The molecule has 1 aromatic heterocycles. The fourth-order valence-electron chi connectivity index (χ4n) is 2.70. The summed E-state index contributed by atoms with van der Waals surface area (Å²) in [5, 5.41) is 0. The summed E-state index contributed by atoms with van der Waals surface area (Å²) in [4.78, 5) is 4.57. The Morgan fingerprint density at radius 1 is 0.619 bits per heavy atom. The molecule has 0 aliphatic heterocycles. The lowest BCUT2D eigenvalue weighted by molar-refractivity contribution is 0.658. The normalized spacial score (nSPS) is 10.7. The van der Waals surface area contributed by atoms with Gasteiger partial charge in [-0.2, -0.15) is 0 Å². The van der Waals surface area contributed by atoms with Crippen molar-refractivity contribution < 1.29 is 0 Å². The molecule has 0 fully saturated rings. The Morgan fingerprint density at radius 2 is 1.14 bits per heavy atom. The van der Waals surface area contributed by atoms with E-state index >= 15 is 0 Å². The first-order valence-corrected chi connectivity index (χ1v) is 7.40. The first kappa shape index (κ1) is 13.6. The topological polar surface area (TPSA) is 12.9 Å². The van der Waals surface area contributed by atoms with Gasteiger partial charge in [-0.3, -0.25) is 4.98 Å². The first-order chi connectivity index (χ1) is 10.4. The minimum absolute atomic E-state index is 0.413. The molecule has 1 nitrogen and oxygen atoms in total. The van der Waals surface area contributed by atoms with Gasteiger partial charge in [-0.15, -0.1) is 0 Å². The van der Waals surface area contributed by atoms with E-state index in [0.717, 1.165) is 12.8 Å². The maximum Gasteiger partial charge on any atom is 0.0441 e. The maximum absolute atomic E-state index is 4.57. The molecule has 0 atom stereocenters. The lowest BCUT2D eigenvalue weighted by Crippen LogP contribution is -2.08. The average molecular weight is 273 g/mol. The van der Waals surface area contributed by atoms with Crippen molar-refractivity contribution in [3.8, 4) is 0 Å². The molecule has 0 amide bonds. The summed E-state index contributed by atoms with van der Waals surface area (Å²) in [5.74, 6) is 0.413. The summed E-state index contributed by atoms with van der Waals surface area (Å²) in [6, 6.07) is 27.5. The molecule has 21 heavy (non-hydrogen) atoms. The lowest BCUT2D eigenvalue weighted by Gasteiger charge is -2.17. The van der Waals surface area contributed by atoms with Crippen LogP contribution in [0.15, 0.2) is 85.1 Å². The monoisotopic (exact) mass is 273 g/mol. The quantitative estimate of drug-likeness (QED) is 0.659. The number of rotatable bonds is 5. The molecule has 1 heteroatoms. The highest BCUT2D eigenvalue weighted by atomic mass is 14.7. The molecule has 0 radical (unpaired) electrons. The molecular formula is C20H19N. The van der Waals surface area contributed by atoms with Crippen LogP contribution in [0, 0.1) is 0 Å². The van der Waals surface area contributed by atoms with Gasteiger partial charge in [0.15, 0.2) is 0 Å². The highest BCUT2D eigenvalue weighted by Crippen LogP contribution is 2.23. The molecule has 0 unspecified atom stereocenters. The van der Waals surface area contributed by atoms with E-state index in [1.54, 1.807) is 0 Å². The summed E-state index contributed by atoms with van der Waals surface area (Å²) in [5.41, 5.74) is 3.90. The van der Waals surface area contributed by atoms with Crippen LogP contribution in [0.3, 0.4) is 0 Å². The first-order valence-electron chi connectivity index (χ1n) is 7.40. The second kappa shape index (κ2) is 6.85. The van der Waals surface area contributed by atoms with Gasteiger partial charge < -0.3 is 0 Å². The maximum atomic E-state index is 4.57. The van der Waals surface area contributed by atoms with Crippen LogP contribution >= 0.6 is 0 Å². The minimum Gasteiger partial charge on any atom is -0.261 e. The Balaban J connectivity index is 1.84. The van der Waals surface area contributed by atoms with E-state index in [1.165, 1.54) is 16.8 Å². The summed E-state index contributed by atoms with van der Waals surface area (Å²) in [7, 11) is 0. The van der Waals surface area contributed by atoms with Gasteiger partial charge in [0.05, 0.1) is 0 Å². The Hall–Kier alpha value is -2.41. The molecular weight excluding hydrogens is 254 g/mol. The second-order valence-electron chi connectivity index (χ2n) is 5.33. The van der Waals surface area contributed by atoms with Crippen molar-refractivity contribution >= 4 is 0 Å². The van der Waals surface area contributed by atoms with Crippen LogP contribution in [-0.2, 0) is 12.8 Å². The van der Waals surface area contributed by atoms with Crippen LogP contribution in [-0.4, -0.2) is 4.98 Å². The smallest absolute Gasteiger partial charge is 0.0441 e. The Kier molecular flexibility index (Phi) is 4.42. The minimum atomic E-state index is 0.413. The molecule has 0 saturated heterocycles. The van der Waals surface area contributed by atoms with E-state index < -0.39 is 0 Å². The van der Waals surface area contributed by atoms with Crippen molar-refractivity contribution in [3.63, 3.8) is 0 Å². The number of aromatic nitrogens is 1. The molecule has 2 aromatic carbocycles. The van der Waals surface area contributed by atoms with E-state index in [9.17, 15) is 0 Å². The number of hydrogen-bond donors (Lipinski definition) is 0. The zero-order valence-corrected chi connectivity index (χ0v) is 12.0. The largest absolute Gasteiger partial charge is 0.261 e. The van der Waals surface area contributed by atoms with Crippen LogP contribution in [0.4, 0.5) is 0 Å². The van der Waals surface area contributed by atoms with Gasteiger partial charge in [0.1, 0.15) is 0 Å². The zero-order valence-electron chi connectivity index (χ0n) is 12.0. The van der Waals surface area contributed by atoms with Crippen molar-refractivity contribution in [1.29, 1.82) is 0 Å². The third-order valence-electron chi connectivity index (χ3n) is 3.76. The predicted octanol–water partition coefficient (Wildman–Crippen LogP) is 4.65. The molecule has 0 bridgehead atoms. The van der Waals surface area contributed by atoms with E-state index in [2.05, 4.69) is 77.8 Å². The predicted molar refractivity (Wildman–Crippen MR) is 87.3 cm³/mol. The summed E-state index contributed by atoms with van der Waals surface area (Å²) < 4.78 is 0. The molecule has 3 rings (SSSR count). The Labute approximate surface area is 126 Å². The molecule has 1 heterocycles. The molecule has 0 aliphatic rings. The van der Waals surface area contributed by atoms with Crippen LogP contribution < -0.4 is 0 Å². The number of pyridine rings is 1. The van der Waals surface area contributed by atoms with Crippen LogP contribution in [0.5, 0.6) is 0 Å². The second-order valence-corrected chi connectivity index (χ2v) is 5.33. The van der Waals surface area contributed by atoms with Gasteiger partial charge >= 0.3 is 0 Å². The number of nitrogens with zero attached hydrogens (tertiary/aromatic N) is 1. The van der Waals surface area contributed by atoms with Crippen molar-refractivity contribution in [3.05, 3.63) is 102 Å². The lowest BCUT2D eigenvalue weighted by atomic mass is 9.89. The van der Waals surface area contributed by atoms with E-state index in [1.807, 2.05) is 12.3 Å². The van der Waals surface area contributed by atoms with Gasteiger partial charge in [0.25, 0.3) is 0 Å². The third-order valence-corrected chi connectivity index (χ3v) is 3.76. The molecule has 0 saturated carbocycles. The molecule has 0 spiro atoms. The van der Waals surface area contributed by atoms with Gasteiger partial charge in [0.2, 0.25) is 0 Å². The van der Waals surface area contributed by atoms with Crippen molar-refractivity contribution in [2.45, 2.75) is 18.8 Å². The average Bonchev–Trinajstić information content (AvgIpc) is 2.57. The molecule has 3 aromatic rings. The fraction of sp³-hybridized carbons (Fsp3) is 0.150. The van der Waals surface area contributed by atoms with Crippen molar-refractivity contribution in [2.24, 2.45) is 0 Å². The Bertz CT molecular complexity index is 606. The van der Waals surface area contributed by atoms with Crippen LogP contribution in [0.25, 0.3) is 0 Å². The molecule has 0 N–H and O–H groups in total. The standard InChI is InChI=1S/C20H19N/c1-3-9-17(10-4-1)15-19(20-13-7-8-14-21-20)16-18-11-5-2-6-12-18/h1-14,19H,15-16H2. The van der Waals surface area contributed by atoms with E-state index in [4.69, 9.17) is 0 Å². The number of benzene rings is 2. The Morgan fingerprint density at radius 3 is 1.62 bits per heavy atom. The van der Waals surface area contributed by atoms with Crippen molar-refractivity contribution in [1.82, 2.24) is 4.98 Å². The van der Waals surface area contributed by atoms with Gasteiger partial charge in [-0.1, -0.05) is 66.7 Å². The van der Waals surface area contributed by atoms with Gasteiger partial charge in [-0.05, 0) is 36.1 Å². The van der Waals surface area contributed by atoms with Crippen LogP contribution in [0.2, 0.25) is 0 Å². The number of hydrogen-bond acceptors (Lipinski definition) is 1. The summed E-state index contributed by atoms with van der Waals surface area (Å²) in [6.07, 6.45) is 3.93. The van der Waals surface area contributed by atoms with Gasteiger partial charge in [0, 0.05) is 17.8 Å². The molecule has 104 valence electrons. The highest BCUT2D eigenvalue weighted by Gasteiger charge is 2.14. The zero-order chi connectivity index (χ0) is 14.3. The molecule has 0 aliphatic carbocycles. The van der Waals surface area contributed by atoms with E-state index in [-0.39, 0.29) is 0 Å². The van der Waals surface area contributed by atoms with Crippen molar-refractivity contribution in [2.75, 3.05) is 0 Å². The fourth-order valence-corrected chi connectivity index (χ4v) is 2.70. The van der Waals surface area contributed by atoms with Crippen LogP contribution in [0.1, 0.15) is 22.7 Å². The SMILES string of the molecule is c1ccc(CC(Cc2ccccc2)c2ccccn2)cc1. The summed E-state index contributed by atoms with van der Waals surface area (Å²) in [6.45, 7) is 0. The third kappa shape index (κ3) is 3.79. The summed E-state index contributed by atoms with van der Waals surface area (Å²) >= 11 is 0. The highest BCUT2D eigenvalue weighted by molar-refractivity contribution is 5.24. The van der Waals surface area contributed by atoms with Gasteiger partial charge in [-0.25, -0.2) is 0 Å².